The molecule has 2 aromatic rings. The summed E-state index contributed by atoms with van der Waals surface area (Å²) >= 11 is 1.66. The van der Waals surface area contributed by atoms with Crippen LogP contribution in [-0.2, 0) is 6.54 Å². The van der Waals surface area contributed by atoms with Gasteiger partial charge in [0.05, 0.1) is 23.7 Å². The van der Waals surface area contributed by atoms with Gasteiger partial charge in [-0.05, 0) is 37.3 Å². The molecule has 3 heterocycles. The lowest BCUT2D eigenvalue weighted by molar-refractivity contribution is 0.126. The molecule has 4 nitrogen and oxygen atoms in total. The Bertz CT molecular complexity index is 521. The topological polar surface area (TPSA) is 49.5 Å². The molecule has 0 radical (unpaired) electrons. The number of thiophene rings is 1. The molecule has 0 aromatic carbocycles. The standard InChI is InChI=1S/C14H18N2O2S/c1-10(17)11-4-5-16(8-11)9-14-15-7-12(18-14)13-3-2-6-19-13/h2-3,6-7,10-11,17H,4-5,8-9H2,1H3. The van der Waals surface area contributed by atoms with E-state index in [1.54, 1.807) is 17.5 Å². The lowest BCUT2D eigenvalue weighted by Gasteiger charge is -2.15. The van der Waals surface area contributed by atoms with Crippen LogP contribution in [0.25, 0.3) is 10.6 Å². The zero-order valence-corrected chi connectivity index (χ0v) is 11.8. The van der Waals surface area contributed by atoms with E-state index in [4.69, 9.17) is 4.42 Å². The molecule has 0 spiro atoms. The van der Waals surface area contributed by atoms with Gasteiger partial charge in [0.1, 0.15) is 0 Å². The molecule has 0 saturated carbocycles. The molecule has 1 fully saturated rings. The van der Waals surface area contributed by atoms with Crippen molar-refractivity contribution in [3.8, 4) is 10.6 Å². The molecule has 19 heavy (non-hydrogen) atoms. The van der Waals surface area contributed by atoms with Crippen LogP contribution in [0.2, 0.25) is 0 Å². The predicted molar refractivity (Wildman–Crippen MR) is 74.9 cm³/mol. The minimum atomic E-state index is -0.226. The first-order chi connectivity index (χ1) is 9.22. The quantitative estimate of drug-likeness (QED) is 0.934. The fourth-order valence-electron chi connectivity index (χ4n) is 2.51. The maximum atomic E-state index is 9.60. The molecule has 1 aliphatic heterocycles. The predicted octanol–water partition coefficient (Wildman–Crippen LogP) is 2.61. The molecule has 5 heteroatoms. The van der Waals surface area contributed by atoms with Gasteiger partial charge in [0.2, 0.25) is 5.89 Å². The summed E-state index contributed by atoms with van der Waals surface area (Å²) in [5.74, 6) is 1.98. The van der Waals surface area contributed by atoms with Crippen LogP contribution in [0.5, 0.6) is 0 Å². The number of aliphatic hydroxyl groups excluding tert-OH is 1. The monoisotopic (exact) mass is 278 g/mol. The Balaban J connectivity index is 1.62. The number of likely N-dealkylation sites (tertiary alicyclic amines) is 1. The van der Waals surface area contributed by atoms with Crippen molar-refractivity contribution in [2.24, 2.45) is 5.92 Å². The van der Waals surface area contributed by atoms with Crippen molar-refractivity contribution >= 4 is 11.3 Å². The third-order valence-corrected chi connectivity index (χ3v) is 4.55. The number of aromatic nitrogens is 1. The molecule has 1 saturated heterocycles. The first kappa shape index (κ1) is 12.8. The van der Waals surface area contributed by atoms with Gasteiger partial charge in [0.15, 0.2) is 5.76 Å². The van der Waals surface area contributed by atoms with E-state index in [0.717, 1.165) is 42.6 Å². The minimum Gasteiger partial charge on any atom is -0.438 e. The van der Waals surface area contributed by atoms with Gasteiger partial charge in [-0.3, -0.25) is 4.90 Å². The lowest BCUT2D eigenvalue weighted by Crippen LogP contribution is -2.24. The highest BCUT2D eigenvalue weighted by atomic mass is 32.1. The molecule has 2 atom stereocenters. The van der Waals surface area contributed by atoms with Crippen molar-refractivity contribution in [2.75, 3.05) is 13.1 Å². The van der Waals surface area contributed by atoms with Gasteiger partial charge in [0.25, 0.3) is 0 Å². The smallest absolute Gasteiger partial charge is 0.209 e. The number of rotatable bonds is 4. The van der Waals surface area contributed by atoms with E-state index in [9.17, 15) is 5.11 Å². The maximum absolute atomic E-state index is 9.60. The Morgan fingerprint density at radius 3 is 3.21 bits per heavy atom. The fourth-order valence-corrected chi connectivity index (χ4v) is 3.18. The van der Waals surface area contributed by atoms with Crippen molar-refractivity contribution < 1.29 is 9.52 Å². The van der Waals surface area contributed by atoms with Gasteiger partial charge in [-0.25, -0.2) is 4.98 Å². The maximum Gasteiger partial charge on any atom is 0.209 e. The number of nitrogens with zero attached hydrogens (tertiary/aromatic N) is 2. The van der Waals surface area contributed by atoms with Gasteiger partial charge in [-0.2, -0.15) is 0 Å². The van der Waals surface area contributed by atoms with Gasteiger partial charge in [-0.1, -0.05) is 6.07 Å². The molecule has 2 unspecified atom stereocenters. The van der Waals surface area contributed by atoms with Crippen LogP contribution in [0.3, 0.4) is 0 Å². The second-order valence-electron chi connectivity index (χ2n) is 5.12. The van der Waals surface area contributed by atoms with Crippen LogP contribution in [0.4, 0.5) is 0 Å². The number of aliphatic hydroxyl groups is 1. The first-order valence-corrected chi connectivity index (χ1v) is 7.49. The van der Waals surface area contributed by atoms with Gasteiger partial charge in [-0.15, -0.1) is 11.3 Å². The molecule has 3 rings (SSSR count). The van der Waals surface area contributed by atoms with Crippen molar-refractivity contribution in [3.63, 3.8) is 0 Å². The first-order valence-electron chi connectivity index (χ1n) is 6.61. The Morgan fingerprint density at radius 1 is 1.63 bits per heavy atom. The summed E-state index contributed by atoms with van der Waals surface area (Å²) < 4.78 is 5.78. The van der Waals surface area contributed by atoms with Crippen molar-refractivity contribution in [1.29, 1.82) is 0 Å². The Labute approximate surface area is 116 Å². The highest BCUT2D eigenvalue weighted by Gasteiger charge is 2.26. The van der Waals surface area contributed by atoms with Crippen LogP contribution < -0.4 is 0 Å². The van der Waals surface area contributed by atoms with E-state index < -0.39 is 0 Å². The van der Waals surface area contributed by atoms with Crippen LogP contribution in [0.15, 0.2) is 28.1 Å². The number of hydrogen-bond acceptors (Lipinski definition) is 5. The molecule has 0 aliphatic carbocycles. The highest BCUT2D eigenvalue weighted by molar-refractivity contribution is 7.13. The highest BCUT2D eigenvalue weighted by Crippen LogP contribution is 2.26. The molecule has 1 N–H and O–H groups in total. The Morgan fingerprint density at radius 2 is 2.53 bits per heavy atom. The van der Waals surface area contributed by atoms with E-state index in [0.29, 0.717) is 5.92 Å². The molecular formula is C14H18N2O2S. The third-order valence-electron chi connectivity index (χ3n) is 3.67. The van der Waals surface area contributed by atoms with E-state index in [1.807, 2.05) is 24.4 Å². The normalized spacial score (nSPS) is 21.9. The molecule has 0 bridgehead atoms. The van der Waals surface area contributed by atoms with Gasteiger partial charge >= 0.3 is 0 Å². The molecule has 1 aliphatic rings. The van der Waals surface area contributed by atoms with E-state index >= 15 is 0 Å². The van der Waals surface area contributed by atoms with Crippen LogP contribution >= 0.6 is 11.3 Å². The zero-order valence-electron chi connectivity index (χ0n) is 11.0. The van der Waals surface area contributed by atoms with Crippen molar-refractivity contribution in [2.45, 2.75) is 26.0 Å². The van der Waals surface area contributed by atoms with Gasteiger partial charge < -0.3 is 9.52 Å². The second-order valence-corrected chi connectivity index (χ2v) is 6.07. The van der Waals surface area contributed by atoms with E-state index in [1.165, 1.54) is 0 Å². The summed E-state index contributed by atoms with van der Waals surface area (Å²) in [6.07, 6.45) is 2.62. The Hall–Kier alpha value is -1.17. The van der Waals surface area contributed by atoms with Crippen molar-refractivity contribution in [3.05, 3.63) is 29.6 Å². The summed E-state index contributed by atoms with van der Waals surface area (Å²) in [5, 5.41) is 11.6. The molecule has 0 amide bonds. The fraction of sp³-hybridized carbons (Fsp3) is 0.500. The van der Waals surface area contributed by atoms with E-state index in [2.05, 4.69) is 9.88 Å². The molecule has 102 valence electrons. The second kappa shape index (κ2) is 5.45. The molecular weight excluding hydrogens is 260 g/mol. The van der Waals surface area contributed by atoms with Crippen LogP contribution in [0, 0.1) is 5.92 Å². The summed E-state index contributed by atoms with van der Waals surface area (Å²) in [4.78, 5) is 7.75. The van der Waals surface area contributed by atoms with Gasteiger partial charge in [0, 0.05) is 6.54 Å². The summed E-state index contributed by atoms with van der Waals surface area (Å²) in [7, 11) is 0. The number of oxazole rings is 1. The van der Waals surface area contributed by atoms with Crippen LogP contribution in [0.1, 0.15) is 19.2 Å². The summed E-state index contributed by atoms with van der Waals surface area (Å²) in [6.45, 7) is 4.53. The average Bonchev–Trinajstić information content (AvgIpc) is 3.09. The SMILES string of the molecule is CC(O)C1CCN(Cc2ncc(-c3cccs3)o2)C1. The van der Waals surface area contributed by atoms with E-state index in [-0.39, 0.29) is 6.10 Å². The minimum absolute atomic E-state index is 0.226. The van der Waals surface area contributed by atoms with Crippen molar-refractivity contribution in [1.82, 2.24) is 9.88 Å². The average molecular weight is 278 g/mol. The third kappa shape index (κ3) is 2.88. The lowest BCUT2D eigenvalue weighted by atomic mass is 10.0. The number of hydrogen-bond donors (Lipinski definition) is 1. The summed E-state index contributed by atoms with van der Waals surface area (Å²) in [5.41, 5.74) is 0. The summed E-state index contributed by atoms with van der Waals surface area (Å²) in [6, 6.07) is 4.05. The zero-order chi connectivity index (χ0) is 13.2. The van der Waals surface area contributed by atoms with Crippen LogP contribution in [-0.4, -0.2) is 34.2 Å². The largest absolute Gasteiger partial charge is 0.438 e. The molecule has 2 aromatic heterocycles. The Kier molecular flexibility index (Phi) is 3.68.